The molecule has 0 fully saturated rings. The Morgan fingerprint density at radius 1 is 1.39 bits per heavy atom. The van der Waals surface area contributed by atoms with Gasteiger partial charge in [-0.05, 0) is 18.6 Å². The van der Waals surface area contributed by atoms with Crippen molar-refractivity contribution in [2.45, 2.75) is 19.4 Å². The van der Waals surface area contributed by atoms with Gasteiger partial charge in [-0.15, -0.1) is 5.10 Å². The lowest BCUT2D eigenvalue weighted by Gasteiger charge is -2.03. The smallest absolute Gasteiger partial charge is 0.305 e. The topological polar surface area (TPSA) is 74.1 Å². The maximum atomic E-state index is 12.0. The van der Waals surface area contributed by atoms with Crippen molar-refractivity contribution in [3.63, 3.8) is 0 Å². The number of nitrogens with zero attached hydrogens (tertiary/aromatic N) is 3. The molecular formula is C12H13N3O3. The molecule has 6 nitrogen and oxygen atoms in total. The van der Waals surface area contributed by atoms with Gasteiger partial charge in [-0.2, -0.15) is 0 Å². The molecule has 18 heavy (non-hydrogen) atoms. The standard InChI is InChI=1S/C12H13N3O3/c1-18-11(16)7-4-8-15-12(17)9-5-2-3-6-10(9)13-14-15/h2-3,5-6H,4,7-8H2,1H3. The summed E-state index contributed by atoms with van der Waals surface area (Å²) in [5, 5.41) is 8.32. The van der Waals surface area contributed by atoms with Crippen LogP contribution < -0.4 is 5.56 Å². The third kappa shape index (κ3) is 2.53. The highest BCUT2D eigenvalue weighted by Gasteiger charge is 2.06. The van der Waals surface area contributed by atoms with E-state index in [0.29, 0.717) is 23.9 Å². The summed E-state index contributed by atoms with van der Waals surface area (Å²) in [6.07, 6.45) is 0.761. The summed E-state index contributed by atoms with van der Waals surface area (Å²) in [5.41, 5.74) is 0.386. The lowest BCUT2D eigenvalue weighted by Crippen LogP contribution is -2.24. The number of ether oxygens (including phenoxy) is 1. The fourth-order valence-electron chi connectivity index (χ4n) is 1.65. The number of carbonyl (C=O) groups excluding carboxylic acids is 1. The number of fused-ring (bicyclic) bond motifs is 1. The molecule has 94 valence electrons. The minimum atomic E-state index is -0.295. The first-order valence-electron chi connectivity index (χ1n) is 5.61. The molecule has 0 aliphatic rings. The van der Waals surface area contributed by atoms with Crippen LogP contribution in [0.1, 0.15) is 12.8 Å². The minimum absolute atomic E-state index is 0.189. The molecule has 0 atom stereocenters. The fourth-order valence-corrected chi connectivity index (χ4v) is 1.65. The summed E-state index contributed by atoms with van der Waals surface area (Å²) in [5.74, 6) is -0.295. The Morgan fingerprint density at radius 3 is 2.94 bits per heavy atom. The van der Waals surface area contributed by atoms with Crippen LogP contribution in [0.25, 0.3) is 10.9 Å². The van der Waals surface area contributed by atoms with Gasteiger partial charge in [0, 0.05) is 13.0 Å². The second-order valence-electron chi connectivity index (χ2n) is 3.81. The third-order valence-electron chi connectivity index (χ3n) is 2.61. The predicted molar refractivity (Wildman–Crippen MR) is 65.0 cm³/mol. The summed E-state index contributed by atoms with van der Waals surface area (Å²) in [4.78, 5) is 23.0. The number of aromatic nitrogens is 3. The SMILES string of the molecule is COC(=O)CCCn1nnc2ccccc2c1=O. The van der Waals surface area contributed by atoms with E-state index in [4.69, 9.17) is 0 Å². The van der Waals surface area contributed by atoms with Gasteiger partial charge in [0.2, 0.25) is 0 Å². The van der Waals surface area contributed by atoms with Crippen molar-refractivity contribution in [3.05, 3.63) is 34.6 Å². The Hall–Kier alpha value is -2.24. The van der Waals surface area contributed by atoms with Crippen LogP contribution in [0.2, 0.25) is 0 Å². The molecule has 0 aliphatic heterocycles. The summed E-state index contributed by atoms with van der Waals surface area (Å²) in [6.45, 7) is 0.353. The highest BCUT2D eigenvalue weighted by atomic mass is 16.5. The molecule has 1 heterocycles. The molecule has 0 saturated heterocycles. The van der Waals surface area contributed by atoms with Gasteiger partial charge in [0.1, 0.15) is 5.52 Å². The van der Waals surface area contributed by atoms with Crippen LogP contribution >= 0.6 is 0 Å². The van der Waals surface area contributed by atoms with Crippen LogP contribution in [0.15, 0.2) is 29.1 Å². The molecule has 1 aromatic carbocycles. The van der Waals surface area contributed by atoms with E-state index < -0.39 is 0 Å². The van der Waals surface area contributed by atoms with Gasteiger partial charge in [-0.1, -0.05) is 17.3 Å². The van der Waals surface area contributed by atoms with Crippen LogP contribution in [0.5, 0.6) is 0 Å². The second kappa shape index (κ2) is 5.39. The van der Waals surface area contributed by atoms with E-state index in [2.05, 4.69) is 15.0 Å². The van der Waals surface area contributed by atoms with E-state index in [-0.39, 0.29) is 17.9 Å². The van der Waals surface area contributed by atoms with Crippen LogP contribution in [0, 0.1) is 0 Å². The molecule has 0 bridgehead atoms. The summed E-state index contributed by atoms with van der Waals surface area (Å²) < 4.78 is 5.80. The van der Waals surface area contributed by atoms with Gasteiger partial charge in [0.25, 0.3) is 5.56 Å². The normalized spacial score (nSPS) is 10.5. The van der Waals surface area contributed by atoms with Gasteiger partial charge in [0.05, 0.1) is 12.5 Å². The van der Waals surface area contributed by atoms with Crippen molar-refractivity contribution < 1.29 is 9.53 Å². The Kier molecular flexibility index (Phi) is 3.66. The zero-order chi connectivity index (χ0) is 13.0. The van der Waals surface area contributed by atoms with E-state index in [1.165, 1.54) is 11.8 Å². The summed E-state index contributed by atoms with van der Waals surface area (Å²) >= 11 is 0. The van der Waals surface area contributed by atoms with Crippen molar-refractivity contribution >= 4 is 16.9 Å². The van der Waals surface area contributed by atoms with Gasteiger partial charge < -0.3 is 4.74 Å². The predicted octanol–water partition coefficient (Wildman–Crippen LogP) is 0.745. The molecule has 0 amide bonds. The fraction of sp³-hybridized carbons (Fsp3) is 0.333. The van der Waals surface area contributed by atoms with Crippen molar-refractivity contribution in [2.75, 3.05) is 7.11 Å². The van der Waals surface area contributed by atoms with Crippen molar-refractivity contribution in [3.8, 4) is 0 Å². The molecule has 0 unspecified atom stereocenters. The average Bonchev–Trinajstić information content (AvgIpc) is 2.41. The van der Waals surface area contributed by atoms with Crippen molar-refractivity contribution in [1.29, 1.82) is 0 Å². The molecular weight excluding hydrogens is 234 g/mol. The Bertz CT molecular complexity index is 621. The number of esters is 1. The van der Waals surface area contributed by atoms with Crippen LogP contribution in [-0.4, -0.2) is 28.1 Å². The first-order valence-corrected chi connectivity index (χ1v) is 5.61. The van der Waals surface area contributed by atoms with Crippen LogP contribution in [-0.2, 0) is 16.1 Å². The molecule has 0 radical (unpaired) electrons. The van der Waals surface area contributed by atoms with E-state index in [1.54, 1.807) is 24.3 Å². The maximum absolute atomic E-state index is 12.0. The van der Waals surface area contributed by atoms with Gasteiger partial charge >= 0.3 is 5.97 Å². The highest BCUT2D eigenvalue weighted by molar-refractivity contribution is 5.76. The number of rotatable bonds is 4. The largest absolute Gasteiger partial charge is 0.469 e. The second-order valence-corrected chi connectivity index (χ2v) is 3.81. The van der Waals surface area contributed by atoms with Crippen LogP contribution in [0.3, 0.4) is 0 Å². The number of benzene rings is 1. The number of carbonyl (C=O) groups is 1. The molecule has 6 heteroatoms. The molecule has 2 aromatic rings. The Morgan fingerprint density at radius 2 is 2.17 bits per heavy atom. The molecule has 0 aliphatic carbocycles. The first kappa shape index (κ1) is 12.2. The first-order chi connectivity index (χ1) is 8.72. The van der Waals surface area contributed by atoms with Crippen molar-refractivity contribution in [2.24, 2.45) is 0 Å². The molecule has 0 N–H and O–H groups in total. The maximum Gasteiger partial charge on any atom is 0.305 e. The van der Waals surface area contributed by atoms with Gasteiger partial charge in [-0.3, -0.25) is 9.59 Å². The quantitative estimate of drug-likeness (QED) is 0.745. The van der Waals surface area contributed by atoms with E-state index in [1.807, 2.05) is 0 Å². The van der Waals surface area contributed by atoms with Gasteiger partial charge in [-0.25, -0.2) is 4.68 Å². The van der Waals surface area contributed by atoms with E-state index in [9.17, 15) is 9.59 Å². The monoisotopic (exact) mass is 247 g/mol. The zero-order valence-corrected chi connectivity index (χ0v) is 10.00. The number of aryl methyl sites for hydroxylation is 1. The van der Waals surface area contributed by atoms with Gasteiger partial charge in [0.15, 0.2) is 0 Å². The summed E-state index contributed by atoms with van der Waals surface area (Å²) in [7, 11) is 1.34. The highest BCUT2D eigenvalue weighted by Crippen LogP contribution is 2.03. The third-order valence-corrected chi connectivity index (χ3v) is 2.61. The zero-order valence-electron chi connectivity index (χ0n) is 10.00. The summed E-state index contributed by atoms with van der Waals surface area (Å²) in [6, 6.07) is 7.04. The lowest BCUT2D eigenvalue weighted by molar-refractivity contribution is -0.140. The number of hydrogen-bond donors (Lipinski definition) is 0. The minimum Gasteiger partial charge on any atom is -0.469 e. The number of hydrogen-bond acceptors (Lipinski definition) is 5. The van der Waals surface area contributed by atoms with E-state index >= 15 is 0 Å². The number of methoxy groups -OCH3 is 1. The van der Waals surface area contributed by atoms with E-state index in [0.717, 1.165) is 0 Å². The Balaban J connectivity index is 2.17. The Labute approximate surface area is 103 Å². The van der Waals surface area contributed by atoms with Crippen LogP contribution in [0.4, 0.5) is 0 Å². The molecule has 2 rings (SSSR count). The average molecular weight is 247 g/mol. The molecule has 1 aromatic heterocycles. The molecule has 0 spiro atoms. The van der Waals surface area contributed by atoms with Crippen molar-refractivity contribution in [1.82, 2.24) is 15.0 Å². The molecule has 0 saturated carbocycles. The lowest BCUT2D eigenvalue weighted by atomic mass is 10.2.